The Kier molecular flexibility index (Phi) is 24.0. The van der Waals surface area contributed by atoms with Gasteiger partial charge in [0.1, 0.15) is 31.8 Å². The topological polar surface area (TPSA) is 214 Å². The van der Waals surface area contributed by atoms with Gasteiger partial charge in [-0.1, -0.05) is 146 Å². The number of esters is 1. The van der Waals surface area contributed by atoms with Crippen molar-refractivity contribution in [2.24, 2.45) is 10.8 Å². The zero-order valence-corrected chi connectivity index (χ0v) is 49.5. The molecular weight excluding hydrogens is 1150 g/mol. The van der Waals surface area contributed by atoms with E-state index in [0.29, 0.717) is 40.6 Å². The van der Waals surface area contributed by atoms with E-state index in [1.807, 2.05) is 12.1 Å². The summed E-state index contributed by atoms with van der Waals surface area (Å²) in [6.07, 6.45) is 14.9. The zero-order chi connectivity index (χ0) is 56.6. The van der Waals surface area contributed by atoms with Gasteiger partial charge in [-0.05, 0) is 111 Å². The number of ether oxygens (including phenoxy) is 1. The van der Waals surface area contributed by atoms with Gasteiger partial charge in [0.2, 0.25) is 0 Å². The second-order valence-electron chi connectivity index (χ2n) is 20.0. The second-order valence-corrected chi connectivity index (χ2v) is 26.9. The molecule has 2 fully saturated rings. The molecule has 0 heterocycles. The van der Waals surface area contributed by atoms with Crippen LogP contribution < -0.4 is 21.3 Å². The maximum absolute atomic E-state index is 12.7. The number of methoxy groups -OCH3 is 1. The molecule has 6 rings (SSSR count). The molecule has 0 spiro atoms. The molecule has 0 bridgehead atoms. The summed E-state index contributed by atoms with van der Waals surface area (Å²) >= 11 is 36.1. The normalized spacial score (nSPS) is 15.5. The van der Waals surface area contributed by atoms with Crippen molar-refractivity contribution < 1.29 is 45.9 Å². The van der Waals surface area contributed by atoms with E-state index in [2.05, 4.69) is 21.3 Å². The van der Waals surface area contributed by atoms with Gasteiger partial charge in [-0.3, -0.25) is 9.59 Å². The number of aliphatic carboxylic acids is 1. The van der Waals surface area contributed by atoms with Gasteiger partial charge in [0, 0.05) is 59.1 Å². The van der Waals surface area contributed by atoms with Crippen molar-refractivity contribution >= 4 is 136 Å². The number of thiocarbonyl (C=S) groups is 2. The van der Waals surface area contributed by atoms with Crippen molar-refractivity contribution in [2.75, 3.05) is 41.8 Å². The Bertz CT molecular complexity index is 2930. The number of halogens is 4. The SMILES string of the molecule is COC(=O)[C@H](Cc1ccc(NC(=O)c2c(Cl)cccc2Cl)cc1)NC(=S)C1(CCCCS(C)(=O)=O)CCCC1.CS(=O)(=O)CCCCC1(C(=S)N[C@@H](Cc2ccc(NC(=O)c3c(Cl)cccc3Cl)cc2)C(=O)O)CCCC1. The summed E-state index contributed by atoms with van der Waals surface area (Å²) in [6, 6.07) is 22.1. The van der Waals surface area contributed by atoms with E-state index in [-0.39, 0.29) is 60.0 Å². The summed E-state index contributed by atoms with van der Waals surface area (Å²) in [7, 11) is -4.67. The fourth-order valence-electron chi connectivity index (χ4n) is 9.83. The van der Waals surface area contributed by atoms with E-state index < -0.39 is 55.5 Å². The number of carbonyl (C=O) groups is 4. The van der Waals surface area contributed by atoms with Crippen LogP contribution in [0.5, 0.6) is 0 Å². The van der Waals surface area contributed by atoms with Crippen LogP contribution in [-0.4, -0.2) is 98.9 Å². The minimum Gasteiger partial charge on any atom is -0.480 e. The van der Waals surface area contributed by atoms with Gasteiger partial charge in [-0.25, -0.2) is 26.4 Å². The number of amides is 2. The molecule has 0 aromatic heterocycles. The lowest BCUT2D eigenvalue weighted by Crippen LogP contribution is -2.48. The number of carboxylic acid groups (broad SMARTS) is 1. The number of nitrogens with one attached hydrogen (secondary N) is 4. The Labute approximate surface area is 483 Å². The lowest BCUT2D eigenvalue weighted by molar-refractivity contribution is -0.142. The molecule has 4 aromatic rings. The summed E-state index contributed by atoms with van der Waals surface area (Å²) in [5, 5.41) is 22.8. The average Bonchev–Trinajstić information content (AvgIpc) is 4.07. The monoisotopic (exact) mass is 1210 g/mol. The van der Waals surface area contributed by atoms with E-state index in [4.69, 9.17) is 75.6 Å². The number of hydrogen-bond donors (Lipinski definition) is 5. The van der Waals surface area contributed by atoms with E-state index >= 15 is 0 Å². The van der Waals surface area contributed by atoms with Crippen molar-refractivity contribution in [1.29, 1.82) is 0 Å². The molecule has 418 valence electrons. The first kappa shape index (κ1) is 63.4. The quantitative estimate of drug-likeness (QED) is 0.0251. The van der Waals surface area contributed by atoms with Crippen LogP contribution in [0.15, 0.2) is 84.9 Å². The van der Waals surface area contributed by atoms with Crippen molar-refractivity contribution in [2.45, 2.75) is 115 Å². The molecule has 14 nitrogen and oxygen atoms in total. The third-order valence-corrected chi connectivity index (χ3v) is 18.4. The molecule has 0 unspecified atom stereocenters. The van der Waals surface area contributed by atoms with Crippen LogP contribution in [-0.2, 0) is 46.8 Å². The first-order valence-electron chi connectivity index (χ1n) is 25.3. The minimum absolute atomic E-state index is 0.142. The van der Waals surface area contributed by atoms with Crippen LogP contribution in [0.25, 0.3) is 0 Å². The van der Waals surface area contributed by atoms with Crippen LogP contribution in [0.4, 0.5) is 11.4 Å². The maximum Gasteiger partial charge on any atom is 0.328 e. The molecule has 5 N–H and O–H groups in total. The first-order valence-corrected chi connectivity index (χ1v) is 31.8. The highest BCUT2D eigenvalue weighted by Crippen LogP contribution is 2.45. The molecule has 0 radical (unpaired) electrons. The van der Waals surface area contributed by atoms with Gasteiger partial charge in [0.25, 0.3) is 11.8 Å². The second kappa shape index (κ2) is 29.2. The Morgan fingerprint density at radius 3 is 1.23 bits per heavy atom. The highest BCUT2D eigenvalue weighted by atomic mass is 35.5. The largest absolute Gasteiger partial charge is 0.480 e. The summed E-state index contributed by atoms with van der Waals surface area (Å²) in [4.78, 5) is 51.2. The van der Waals surface area contributed by atoms with Gasteiger partial charge < -0.3 is 31.1 Å². The van der Waals surface area contributed by atoms with E-state index in [1.54, 1.807) is 72.8 Å². The van der Waals surface area contributed by atoms with Gasteiger partial charge in [0.15, 0.2) is 0 Å². The summed E-state index contributed by atoms with van der Waals surface area (Å²) in [5.74, 6) is -1.99. The standard InChI is InChI=1S/C28H34Cl2N2O5S2.C27H32Cl2N2O5S2/c1-37-26(34)23(32-27(38)28(14-3-4-15-28)16-5-6-17-39(2,35)36)18-19-10-12-20(13-11-19)31-25(33)24-21(29)8-7-9-22(24)30;1-38(35,36)16-5-4-15-27(13-2-3-14-27)26(37)31-22(25(33)34)17-18-9-11-19(12-10-18)30-24(32)23-20(28)7-6-8-21(23)29/h7-13,23H,3-6,14-18H2,1-2H3,(H,31,33)(H,32,38);6-12,22H,2-5,13-17H2,1H3,(H,30,32)(H,31,37)(H,33,34)/t23-;22-/m00/s1. The summed E-state index contributed by atoms with van der Waals surface area (Å²) in [5.41, 5.74) is 2.52. The molecule has 0 saturated heterocycles. The van der Waals surface area contributed by atoms with Crippen LogP contribution in [0.2, 0.25) is 20.1 Å². The predicted octanol–water partition coefficient (Wildman–Crippen LogP) is 12.0. The van der Waals surface area contributed by atoms with Crippen LogP contribution in [0, 0.1) is 10.8 Å². The molecule has 4 aromatic carbocycles. The van der Waals surface area contributed by atoms with Crippen molar-refractivity contribution in [1.82, 2.24) is 10.6 Å². The highest BCUT2D eigenvalue weighted by molar-refractivity contribution is 7.90. The Morgan fingerprint density at radius 1 is 0.571 bits per heavy atom. The molecule has 2 aliphatic rings. The number of carboxylic acids is 1. The van der Waals surface area contributed by atoms with E-state index in [0.717, 1.165) is 88.2 Å². The molecule has 77 heavy (non-hydrogen) atoms. The predicted molar refractivity (Wildman–Crippen MR) is 317 cm³/mol. The van der Waals surface area contributed by atoms with Gasteiger partial charge in [0.05, 0.1) is 48.3 Å². The number of unbranched alkanes of at least 4 members (excludes halogenated alkanes) is 2. The molecular formula is C55H66Cl4N4O10S4. The fraction of sp³-hybridized carbons (Fsp3) is 0.455. The summed E-state index contributed by atoms with van der Waals surface area (Å²) in [6.45, 7) is 0. The van der Waals surface area contributed by atoms with Crippen LogP contribution in [0.3, 0.4) is 0 Å². The molecule has 2 aliphatic carbocycles. The molecule has 22 heteroatoms. The Hall–Kier alpha value is -4.40. The minimum atomic E-state index is -3.01. The van der Waals surface area contributed by atoms with Crippen molar-refractivity contribution in [3.63, 3.8) is 0 Å². The lowest BCUT2D eigenvalue weighted by atomic mass is 9.80. The third-order valence-electron chi connectivity index (χ3n) is 14.0. The number of carbonyl (C=O) groups excluding carboxylic acids is 3. The van der Waals surface area contributed by atoms with Crippen molar-refractivity contribution in [3.8, 4) is 0 Å². The number of hydrogen-bond acceptors (Lipinski definition) is 11. The van der Waals surface area contributed by atoms with E-state index in [9.17, 15) is 41.1 Å². The average molecular weight is 1210 g/mol. The van der Waals surface area contributed by atoms with Crippen molar-refractivity contribution in [3.05, 3.63) is 127 Å². The maximum atomic E-state index is 12.7. The van der Waals surface area contributed by atoms with Crippen LogP contribution >= 0.6 is 70.8 Å². The first-order chi connectivity index (χ1) is 36.3. The number of sulfone groups is 2. The third kappa shape index (κ3) is 19.4. The molecule has 2 saturated carbocycles. The fourth-order valence-corrected chi connectivity index (χ4v) is 13.3. The molecule has 2 atom stereocenters. The molecule has 2 amide bonds. The lowest BCUT2D eigenvalue weighted by Gasteiger charge is -2.33. The smallest absolute Gasteiger partial charge is 0.328 e. The van der Waals surface area contributed by atoms with Gasteiger partial charge in [-0.15, -0.1) is 0 Å². The highest BCUT2D eigenvalue weighted by Gasteiger charge is 2.40. The zero-order valence-electron chi connectivity index (χ0n) is 43.2. The number of rotatable bonds is 24. The van der Waals surface area contributed by atoms with Gasteiger partial charge >= 0.3 is 11.9 Å². The Balaban J connectivity index is 0.000000284. The van der Waals surface area contributed by atoms with Crippen LogP contribution in [0.1, 0.15) is 122 Å². The number of anilines is 2. The van der Waals surface area contributed by atoms with Gasteiger partial charge in [-0.2, -0.15) is 0 Å². The Morgan fingerprint density at radius 2 is 0.909 bits per heavy atom. The number of benzene rings is 4. The van der Waals surface area contributed by atoms with E-state index in [1.165, 1.54) is 19.6 Å². The summed E-state index contributed by atoms with van der Waals surface area (Å²) < 4.78 is 51.0. The molecule has 0 aliphatic heterocycles.